The van der Waals surface area contributed by atoms with Crippen molar-refractivity contribution in [3.05, 3.63) is 46.4 Å². The largest absolute Gasteiger partial charge is 0.395 e. The highest BCUT2D eigenvalue weighted by atomic mass is 35.5. The molecular weight excluding hydrogens is 357 g/mol. The van der Waals surface area contributed by atoms with Crippen LogP contribution in [0, 0.1) is 17.1 Å². The third kappa shape index (κ3) is 4.03. The fourth-order valence-electron chi connectivity index (χ4n) is 3.15. The van der Waals surface area contributed by atoms with Gasteiger partial charge in [-0.05, 0) is 36.5 Å². The second-order valence-electron chi connectivity index (χ2n) is 6.11. The molecule has 1 aliphatic rings. The van der Waals surface area contributed by atoms with Crippen molar-refractivity contribution >= 4 is 23.4 Å². The Kier molecular flexibility index (Phi) is 5.86. The molecular formula is C18H19ClFN5O. The molecule has 2 heterocycles. The van der Waals surface area contributed by atoms with Gasteiger partial charge in [0.25, 0.3) is 0 Å². The number of aromatic nitrogens is 2. The molecule has 1 fully saturated rings. The van der Waals surface area contributed by atoms with Crippen LogP contribution in [0.5, 0.6) is 0 Å². The van der Waals surface area contributed by atoms with Crippen LogP contribution in [0.2, 0.25) is 5.15 Å². The van der Waals surface area contributed by atoms with Gasteiger partial charge in [0.05, 0.1) is 6.61 Å². The monoisotopic (exact) mass is 375 g/mol. The molecule has 0 amide bonds. The predicted octanol–water partition coefficient (Wildman–Crippen LogP) is 2.93. The van der Waals surface area contributed by atoms with Crippen LogP contribution in [0.3, 0.4) is 0 Å². The number of aliphatic hydroxyl groups excluding tert-OH is 1. The fraction of sp³-hybridized carbons (Fsp3) is 0.389. The summed E-state index contributed by atoms with van der Waals surface area (Å²) in [4.78, 5) is 10.5. The zero-order valence-electron chi connectivity index (χ0n) is 14.1. The zero-order chi connectivity index (χ0) is 18.5. The molecule has 1 aromatic carbocycles. The molecule has 8 heteroatoms. The first-order chi connectivity index (χ1) is 12.6. The van der Waals surface area contributed by atoms with E-state index in [1.807, 2.05) is 17.0 Å². The number of benzene rings is 1. The lowest BCUT2D eigenvalue weighted by atomic mass is 9.89. The molecule has 1 aromatic heterocycles. The van der Waals surface area contributed by atoms with Crippen molar-refractivity contribution in [3.63, 3.8) is 0 Å². The molecule has 2 N–H and O–H groups in total. The summed E-state index contributed by atoms with van der Waals surface area (Å²) in [6, 6.07) is 8.70. The number of hydrogen-bond donors (Lipinski definition) is 2. The van der Waals surface area contributed by atoms with Crippen LogP contribution in [-0.2, 0) is 0 Å². The van der Waals surface area contributed by atoms with Gasteiger partial charge in [-0.25, -0.2) is 4.39 Å². The zero-order valence-corrected chi connectivity index (χ0v) is 14.9. The maximum absolute atomic E-state index is 13.1. The number of anilines is 2. The number of nitrogens with one attached hydrogen (secondary N) is 1. The number of piperidine rings is 1. The Balaban J connectivity index is 1.76. The first-order valence-electron chi connectivity index (χ1n) is 8.45. The Hall–Kier alpha value is -2.43. The highest BCUT2D eigenvalue weighted by Gasteiger charge is 2.25. The molecule has 1 aliphatic heterocycles. The van der Waals surface area contributed by atoms with E-state index in [4.69, 9.17) is 16.7 Å². The molecule has 0 atom stereocenters. The molecule has 0 spiro atoms. The van der Waals surface area contributed by atoms with Gasteiger partial charge in [0.1, 0.15) is 17.4 Å². The summed E-state index contributed by atoms with van der Waals surface area (Å²) in [5.74, 6) is 0.911. The molecule has 0 bridgehead atoms. The average molecular weight is 376 g/mol. The number of halogens is 2. The molecule has 0 unspecified atom stereocenters. The Morgan fingerprint density at radius 3 is 2.58 bits per heavy atom. The quantitative estimate of drug-likeness (QED) is 0.781. The molecule has 1 saturated heterocycles. The van der Waals surface area contributed by atoms with E-state index in [0.717, 1.165) is 18.4 Å². The topological polar surface area (TPSA) is 85.1 Å². The van der Waals surface area contributed by atoms with Crippen molar-refractivity contribution in [2.75, 3.05) is 36.5 Å². The van der Waals surface area contributed by atoms with Gasteiger partial charge in [-0.15, -0.1) is 0 Å². The van der Waals surface area contributed by atoms with Crippen LogP contribution in [0.25, 0.3) is 0 Å². The maximum atomic E-state index is 13.1. The van der Waals surface area contributed by atoms with Crippen molar-refractivity contribution in [1.82, 2.24) is 9.97 Å². The van der Waals surface area contributed by atoms with Gasteiger partial charge in [-0.3, -0.25) is 0 Å². The summed E-state index contributed by atoms with van der Waals surface area (Å²) < 4.78 is 13.1. The lowest BCUT2D eigenvalue weighted by molar-refractivity contribution is 0.311. The van der Waals surface area contributed by atoms with Gasteiger partial charge in [-0.2, -0.15) is 15.2 Å². The van der Waals surface area contributed by atoms with E-state index in [9.17, 15) is 9.65 Å². The second kappa shape index (κ2) is 8.30. The highest BCUT2D eigenvalue weighted by Crippen LogP contribution is 2.33. The number of nitrogens with zero attached hydrogens (tertiary/aromatic N) is 4. The Morgan fingerprint density at radius 2 is 1.96 bits per heavy atom. The molecule has 26 heavy (non-hydrogen) atoms. The summed E-state index contributed by atoms with van der Waals surface area (Å²) in [6.45, 7) is 1.67. The summed E-state index contributed by atoms with van der Waals surface area (Å²) in [7, 11) is 0. The standard InChI is InChI=1S/C18H19ClFN5O/c19-16-15(11-21)17(24-18(23-16)22-7-10-26)25-8-5-13(6-9-25)12-1-3-14(20)4-2-12/h1-4,13,26H,5-10H2,(H,22,23,24). The Bertz CT molecular complexity index is 800. The first-order valence-corrected chi connectivity index (χ1v) is 8.83. The van der Waals surface area contributed by atoms with Crippen LogP contribution in [0.15, 0.2) is 24.3 Å². The third-order valence-corrected chi connectivity index (χ3v) is 4.76. The third-order valence-electron chi connectivity index (χ3n) is 4.49. The SMILES string of the molecule is N#Cc1c(Cl)nc(NCCO)nc1N1CCC(c2ccc(F)cc2)CC1. The minimum absolute atomic E-state index is 0.0562. The summed E-state index contributed by atoms with van der Waals surface area (Å²) in [5, 5.41) is 21.3. The van der Waals surface area contributed by atoms with Crippen molar-refractivity contribution in [3.8, 4) is 6.07 Å². The fourth-order valence-corrected chi connectivity index (χ4v) is 3.36. The lowest BCUT2D eigenvalue weighted by Gasteiger charge is -2.33. The van der Waals surface area contributed by atoms with E-state index in [2.05, 4.69) is 21.4 Å². The molecule has 0 aliphatic carbocycles. The number of aliphatic hydroxyl groups is 1. The highest BCUT2D eigenvalue weighted by molar-refractivity contribution is 6.31. The molecule has 6 nitrogen and oxygen atoms in total. The second-order valence-corrected chi connectivity index (χ2v) is 6.47. The predicted molar refractivity (Wildman–Crippen MR) is 97.9 cm³/mol. The minimum Gasteiger partial charge on any atom is -0.395 e. The molecule has 136 valence electrons. The maximum Gasteiger partial charge on any atom is 0.226 e. The van der Waals surface area contributed by atoms with Crippen LogP contribution in [0.1, 0.15) is 29.9 Å². The summed E-state index contributed by atoms with van der Waals surface area (Å²) in [5.41, 5.74) is 1.37. The van der Waals surface area contributed by atoms with E-state index in [1.54, 1.807) is 0 Å². The number of nitriles is 1. The van der Waals surface area contributed by atoms with Gasteiger partial charge in [0, 0.05) is 19.6 Å². The van der Waals surface area contributed by atoms with Gasteiger partial charge in [0.15, 0.2) is 11.0 Å². The molecule has 0 radical (unpaired) electrons. The number of rotatable bonds is 5. The van der Waals surface area contributed by atoms with Gasteiger partial charge >= 0.3 is 0 Å². The summed E-state index contributed by atoms with van der Waals surface area (Å²) in [6.07, 6.45) is 1.75. The van der Waals surface area contributed by atoms with Crippen molar-refractivity contribution in [2.45, 2.75) is 18.8 Å². The Morgan fingerprint density at radius 1 is 1.27 bits per heavy atom. The van der Waals surface area contributed by atoms with E-state index in [-0.39, 0.29) is 23.1 Å². The van der Waals surface area contributed by atoms with E-state index in [0.29, 0.717) is 37.3 Å². The van der Waals surface area contributed by atoms with E-state index < -0.39 is 0 Å². The van der Waals surface area contributed by atoms with Crippen molar-refractivity contribution in [2.24, 2.45) is 0 Å². The lowest BCUT2D eigenvalue weighted by Crippen LogP contribution is -2.34. The van der Waals surface area contributed by atoms with Gasteiger partial charge < -0.3 is 15.3 Å². The molecule has 3 rings (SSSR count). The number of hydrogen-bond acceptors (Lipinski definition) is 6. The summed E-state index contributed by atoms with van der Waals surface area (Å²) >= 11 is 6.13. The van der Waals surface area contributed by atoms with Gasteiger partial charge in [-0.1, -0.05) is 23.7 Å². The van der Waals surface area contributed by atoms with Crippen LogP contribution in [0.4, 0.5) is 16.2 Å². The van der Waals surface area contributed by atoms with E-state index in [1.165, 1.54) is 12.1 Å². The van der Waals surface area contributed by atoms with Crippen molar-refractivity contribution < 1.29 is 9.50 Å². The van der Waals surface area contributed by atoms with Crippen LogP contribution >= 0.6 is 11.6 Å². The smallest absolute Gasteiger partial charge is 0.226 e. The average Bonchev–Trinajstić information content (AvgIpc) is 2.66. The minimum atomic E-state index is -0.233. The van der Waals surface area contributed by atoms with Gasteiger partial charge in [0.2, 0.25) is 5.95 Å². The van der Waals surface area contributed by atoms with Crippen LogP contribution in [-0.4, -0.2) is 41.3 Å². The van der Waals surface area contributed by atoms with E-state index >= 15 is 0 Å². The van der Waals surface area contributed by atoms with Crippen molar-refractivity contribution in [1.29, 1.82) is 5.26 Å². The molecule has 0 saturated carbocycles. The normalized spacial score (nSPS) is 14.9. The Labute approximate surface area is 156 Å². The molecule has 2 aromatic rings. The first kappa shape index (κ1) is 18.4. The van der Waals surface area contributed by atoms with Crippen LogP contribution < -0.4 is 10.2 Å².